The number of nitrogens with one attached hydrogen (secondary N) is 1. The Kier molecular flexibility index (Phi) is 5.07. The van der Waals surface area contributed by atoms with Crippen molar-refractivity contribution in [3.05, 3.63) is 74.4 Å². The summed E-state index contributed by atoms with van der Waals surface area (Å²) in [5, 5.41) is 4.25. The molecule has 0 bridgehead atoms. The van der Waals surface area contributed by atoms with Crippen LogP contribution in [0.4, 0.5) is 5.69 Å². The van der Waals surface area contributed by atoms with Gasteiger partial charge in [0.2, 0.25) is 0 Å². The Balaban J connectivity index is 1.86. The summed E-state index contributed by atoms with van der Waals surface area (Å²) in [5.74, 6) is 0.0884. The molecule has 122 valence electrons. The van der Waals surface area contributed by atoms with E-state index < -0.39 is 5.91 Å². The molecule has 0 aliphatic heterocycles. The van der Waals surface area contributed by atoms with Gasteiger partial charge in [0.1, 0.15) is 5.76 Å². The molecule has 0 fully saturated rings. The fourth-order valence-electron chi connectivity index (χ4n) is 2.08. The highest BCUT2D eigenvalue weighted by Gasteiger charge is 2.16. The second-order valence-corrected chi connectivity index (χ2v) is 6.47. The van der Waals surface area contributed by atoms with E-state index in [0.717, 1.165) is 0 Å². The van der Waals surface area contributed by atoms with Gasteiger partial charge in [-0.1, -0.05) is 52.5 Å². The monoisotopic (exact) mass is 399 g/mol. The van der Waals surface area contributed by atoms with Crippen molar-refractivity contribution in [1.82, 2.24) is 0 Å². The number of amides is 1. The molecule has 0 saturated carbocycles. The molecule has 3 aromatic rings. The van der Waals surface area contributed by atoms with E-state index in [9.17, 15) is 4.79 Å². The Labute approximate surface area is 158 Å². The molecule has 0 spiro atoms. The zero-order valence-electron chi connectivity index (χ0n) is 11.9. The molecular formula is C17H9Cl4NO2. The number of halogens is 4. The fourth-order valence-corrected chi connectivity index (χ4v) is 2.81. The standard InChI is InChI=1S/C17H9Cl4NO2/c18-9-4-5-11(19)13(8-9)22-17(23)15-7-6-14(24-15)10-2-1-3-12(20)16(10)21/h1-8H,(H,22,23). The number of carbonyl (C=O) groups is 1. The van der Waals surface area contributed by atoms with E-state index in [1.807, 2.05) is 0 Å². The van der Waals surface area contributed by atoms with E-state index in [1.165, 1.54) is 0 Å². The average Bonchev–Trinajstić information content (AvgIpc) is 3.03. The highest BCUT2D eigenvalue weighted by molar-refractivity contribution is 6.43. The van der Waals surface area contributed by atoms with Gasteiger partial charge in [0.25, 0.3) is 5.91 Å². The summed E-state index contributed by atoms with van der Waals surface area (Å²) in [6, 6.07) is 13.1. The predicted molar refractivity (Wildman–Crippen MR) is 98.6 cm³/mol. The van der Waals surface area contributed by atoms with E-state index in [-0.39, 0.29) is 5.76 Å². The maximum absolute atomic E-state index is 12.3. The highest BCUT2D eigenvalue weighted by atomic mass is 35.5. The van der Waals surface area contributed by atoms with E-state index in [0.29, 0.717) is 37.1 Å². The van der Waals surface area contributed by atoms with Crippen molar-refractivity contribution in [3.63, 3.8) is 0 Å². The molecule has 3 nitrogen and oxygen atoms in total. The molecule has 1 N–H and O–H groups in total. The third-order valence-corrected chi connectivity index (χ3v) is 4.61. The van der Waals surface area contributed by atoms with Crippen LogP contribution in [0.2, 0.25) is 20.1 Å². The molecule has 7 heteroatoms. The molecule has 2 aromatic carbocycles. The maximum atomic E-state index is 12.3. The van der Waals surface area contributed by atoms with Gasteiger partial charge in [0.15, 0.2) is 5.76 Å². The lowest BCUT2D eigenvalue weighted by molar-refractivity contribution is 0.0997. The molecule has 0 atom stereocenters. The lowest BCUT2D eigenvalue weighted by Crippen LogP contribution is -2.11. The van der Waals surface area contributed by atoms with Crippen LogP contribution in [0.5, 0.6) is 0 Å². The van der Waals surface area contributed by atoms with Crippen molar-refractivity contribution in [2.75, 3.05) is 5.32 Å². The third kappa shape index (κ3) is 3.55. The Morgan fingerprint density at radius 1 is 0.917 bits per heavy atom. The van der Waals surface area contributed by atoms with Gasteiger partial charge in [-0.05, 0) is 42.5 Å². The van der Waals surface area contributed by atoms with Gasteiger partial charge in [-0.3, -0.25) is 4.79 Å². The minimum absolute atomic E-state index is 0.108. The number of furan rings is 1. The van der Waals surface area contributed by atoms with Crippen LogP contribution in [0, 0.1) is 0 Å². The molecule has 1 aromatic heterocycles. The zero-order chi connectivity index (χ0) is 17.3. The van der Waals surface area contributed by atoms with E-state index in [1.54, 1.807) is 48.5 Å². The van der Waals surface area contributed by atoms with E-state index >= 15 is 0 Å². The summed E-state index contributed by atoms with van der Waals surface area (Å²) in [6.45, 7) is 0. The first-order chi connectivity index (χ1) is 11.5. The number of hydrogen-bond acceptors (Lipinski definition) is 2. The van der Waals surface area contributed by atoms with E-state index in [4.69, 9.17) is 50.8 Å². The second-order valence-electron chi connectivity index (χ2n) is 4.84. The summed E-state index contributed by atoms with van der Waals surface area (Å²) in [6.07, 6.45) is 0. The number of benzene rings is 2. The number of carbonyl (C=O) groups excluding carboxylic acids is 1. The fraction of sp³-hybridized carbons (Fsp3) is 0. The largest absolute Gasteiger partial charge is 0.451 e. The second kappa shape index (κ2) is 7.08. The first-order valence-corrected chi connectivity index (χ1v) is 8.27. The average molecular weight is 401 g/mol. The predicted octanol–water partition coefficient (Wildman–Crippen LogP) is 6.81. The minimum atomic E-state index is -0.455. The van der Waals surface area contributed by atoms with Crippen LogP contribution < -0.4 is 5.32 Å². The molecule has 0 radical (unpaired) electrons. The molecule has 0 unspecified atom stereocenters. The van der Waals surface area contributed by atoms with Crippen molar-refractivity contribution in [2.24, 2.45) is 0 Å². The highest BCUT2D eigenvalue weighted by Crippen LogP contribution is 2.34. The SMILES string of the molecule is O=C(Nc1cc(Cl)ccc1Cl)c1ccc(-c2cccc(Cl)c2Cl)o1. The van der Waals surface area contributed by atoms with Crippen LogP contribution in [0.25, 0.3) is 11.3 Å². The smallest absolute Gasteiger partial charge is 0.291 e. The molecular weight excluding hydrogens is 392 g/mol. The van der Waals surface area contributed by atoms with Gasteiger partial charge in [0, 0.05) is 10.6 Å². The Morgan fingerprint density at radius 3 is 2.50 bits per heavy atom. The number of hydrogen-bond donors (Lipinski definition) is 1. The van der Waals surface area contributed by atoms with Gasteiger partial charge in [-0.25, -0.2) is 0 Å². The lowest BCUT2D eigenvalue weighted by atomic mass is 10.2. The van der Waals surface area contributed by atoms with Crippen molar-refractivity contribution in [2.45, 2.75) is 0 Å². The van der Waals surface area contributed by atoms with Crippen molar-refractivity contribution >= 4 is 58.0 Å². The minimum Gasteiger partial charge on any atom is -0.451 e. The van der Waals surface area contributed by atoms with Crippen molar-refractivity contribution in [3.8, 4) is 11.3 Å². The maximum Gasteiger partial charge on any atom is 0.291 e. The van der Waals surface area contributed by atoms with Crippen LogP contribution in [0.15, 0.2) is 52.9 Å². The van der Waals surface area contributed by atoms with Gasteiger partial charge in [-0.2, -0.15) is 0 Å². The van der Waals surface area contributed by atoms with Crippen LogP contribution in [-0.4, -0.2) is 5.91 Å². The van der Waals surface area contributed by atoms with Crippen molar-refractivity contribution in [1.29, 1.82) is 0 Å². The number of rotatable bonds is 3. The van der Waals surface area contributed by atoms with Crippen LogP contribution in [0.1, 0.15) is 10.6 Å². The van der Waals surface area contributed by atoms with E-state index in [2.05, 4.69) is 5.32 Å². The quantitative estimate of drug-likeness (QED) is 0.524. The summed E-state index contributed by atoms with van der Waals surface area (Å²) in [4.78, 5) is 12.3. The zero-order valence-corrected chi connectivity index (χ0v) is 15.0. The van der Waals surface area contributed by atoms with Gasteiger partial charge in [-0.15, -0.1) is 0 Å². The summed E-state index contributed by atoms with van der Waals surface area (Å²) in [5.41, 5.74) is 0.997. The first-order valence-electron chi connectivity index (χ1n) is 6.76. The molecule has 0 aliphatic carbocycles. The molecule has 0 saturated heterocycles. The summed E-state index contributed by atoms with van der Waals surface area (Å²) < 4.78 is 5.58. The van der Waals surface area contributed by atoms with Gasteiger partial charge < -0.3 is 9.73 Å². The Hall–Kier alpha value is -1.65. The molecule has 3 rings (SSSR count). The molecule has 1 heterocycles. The third-order valence-electron chi connectivity index (χ3n) is 3.22. The van der Waals surface area contributed by atoms with Gasteiger partial charge >= 0.3 is 0 Å². The number of anilines is 1. The van der Waals surface area contributed by atoms with Gasteiger partial charge in [0.05, 0.1) is 20.8 Å². The first kappa shape index (κ1) is 17.2. The van der Waals surface area contributed by atoms with Crippen molar-refractivity contribution < 1.29 is 9.21 Å². The Morgan fingerprint density at radius 2 is 1.71 bits per heavy atom. The van der Waals surface area contributed by atoms with Crippen LogP contribution >= 0.6 is 46.4 Å². The molecule has 1 amide bonds. The van der Waals surface area contributed by atoms with Crippen LogP contribution in [-0.2, 0) is 0 Å². The lowest BCUT2D eigenvalue weighted by Gasteiger charge is -2.06. The molecule has 24 heavy (non-hydrogen) atoms. The van der Waals surface area contributed by atoms with Crippen LogP contribution in [0.3, 0.4) is 0 Å². The topological polar surface area (TPSA) is 42.2 Å². The molecule has 0 aliphatic rings. The normalized spacial score (nSPS) is 10.7. The Bertz CT molecular complexity index is 921. The summed E-state index contributed by atoms with van der Waals surface area (Å²) in [7, 11) is 0. The summed E-state index contributed by atoms with van der Waals surface area (Å²) >= 11 is 24.1.